The van der Waals surface area contributed by atoms with Crippen molar-refractivity contribution < 1.29 is 13.9 Å². The van der Waals surface area contributed by atoms with Crippen LogP contribution in [0.1, 0.15) is 38.5 Å². The first kappa shape index (κ1) is 24.6. The van der Waals surface area contributed by atoms with Gasteiger partial charge in [0.2, 0.25) is 5.88 Å². The van der Waals surface area contributed by atoms with E-state index in [0.717, 1.165) is 31.5 Å². The van der Waals surface area contributed by atoms with Gasteiger partial charge in [0.15, 0.2) is 0 Å². The normalized spacial score (nSPS) is 22.0. The predicted octanol–water partition coefficient (Wildman–Crippen LogP) is 4.17. The van der Waals surface area contributed by atoms with Crippen LogP contribution in [0.3, 0.4) is 0 Å². The van der Waals surface area contributed by atoms with E-state index in [0.29, 0.717) is 66.8 Å². The van der Waals surface area contributed by atoms with Gasteiger partial charge in [-0.1, -0.05) is 11.6 Å². The average molecular weight is 489 g/mol. The number of hydrogen-bond acceptors (Lipinski definition) is 8. The van der Waals surface area contributed by atoms with Crippen molar-refractivity contribution >= 4 is 17.4 Å². The minimum atomic E-state index is -0.568. The molecule has 3 heterocycles. The van der Waals surface area contributed by atoms with Crippen molar-refractivity contribution in [1.82, 2.24) is 20.3 Å². The summed E-state index contributed by atoms with van der Waals surface area (Å²) >= 11 is 6.44. The van der Waals surface area contributed by atoms with Gasteiger partial charge in [-0.2, -0.15) is 5.26 Å². The summed E-state index contributed by atoms with van der Waals surface area (Å²) in [4.78, 5) is 13.3. The molecule has 0 atom stereocenters. The van der Waals surface area contributed by atoms with Gasteiger partial charge in [0.05, 0.1) is 34.6 Å². The summed E-state index contributed by atoms with van der Waals surface area (Å²) in [5.41, 5.74) is 0.711. The summed E-state index contributed by atoms with van der Waals surface area (Å²) in [5, 5.41) is 16.8. The van der Waals surface area contributed by atoms with E-state index in [1.165, 1.54) is 6.20 Å². The van der Waals surface area contributed by atoms with Crippen molar-refractivity contribution in [3.05, 3.63) is 29.7 Å². The highest BCUT2D eigenvalue weighted by Gasteiger charge is 2.34. The second-order valence-corrected chi connectivity index (χ2v) is 9.33. The fourth-order valence-electron chi connectivity index (χ4n) is 4.43. The Bertz CT molecular complexity index is 990. The van der Waals surface area contributed by atoms with E-state index in [-0.39, 0.29) is 13.3 Å². The fraction of sp³-hybridized carbons (Fsp3) is 0.583. The number of nitrogens with one attached hydrogen (secondary N) is 2. The zero-order chi connectivity index (χ0) is 23.8. The second kappa shape index (κ2) is 11.7. The first-order valence-corrected chi connectivity index (χ1v) is 12.1. The molecule has 1 aliphatic heterocycles. The highest BCUT2D eigenvalue weighted by molar-refractivity contribution is 6.33. The molecule has 2 aromatic rings. The molecule has 1 aliphatic carbocycles. The maximum absolute atomic E-state index is 12.4. The van der Waals surface area contributed by atoms with Gasteiger partial charge in [-0.05, 0) is 44.6 Å². The molecule has 34 heavy (non-hydrogen) atoms. The number of ether oxygens (including phenoxy) is 2. The predicted molar refractivity (Wildman–Crippen MR) is 128 cm³/mol. The molecule has 1 saturated carbocycles. The quantitative estimate of drug-likeness (QED) is 0.541. The van der Waals surface area contributed by atoms with Gasteiger partial charge < -0.3 is 20.1 Å². The third-order valence-electron chi connectivity index (χ3n) is 6.53. The van der Waals surface area contributed by atoms with Crippen molar-refractivity contribution in [3.8, 4) is 23.2 Å². The maximum Gasteiger partial charge on any atom is 0.232 e. The average Bonchev–Trinajstić information content (AvgIpc) is 2.89. The van der Waals surface area contributed by atoms with E-state index in [2.05, 4.69) is 31.7 Å². The molecule has 0 bridgehead atoms. The van der Waals surface area contributed by atoms with Crippen molar-refractivity contribution in [2.24, 2.45) is 5.41 Å². The lowest BCUT2D eigenvalue weighted by atomic mass is 9.83. The van der Waals surface area contributed by atoms with Gasteiger partial charge in [0.25, 0.3) is 0 Å². The summed E-state index contributed by atoms with van der Waals surface area (Å²) < 4.78 is 23.6. The number of nitriles is 1. The number of hydrogen-bond donors (Lipinski definition) is 2. The number of alkyl halides is 1. The number of pyridine rings is 1. The van der Waals surface area contributed by atoms with Gasteiger partial charge in [-0.3, -0.25) is 4.98 Å². The lowest BCUT2D eigenvalue weighted by Crippen LogP contribution is -2.37. The van der Waals surface area contributed by atoms with Crippen LogP contribution in [0.15, 0.2) is 24.7 Å². The van der Waals surface area contributed by atoms with Crippen LogP contribution in [0, 0.1) is 16.7 Å². The minimum Gasteiger partial charge on any atom is -0.475 e. The Labute approximate surface area is 204 Å². The molecular formula is C24H30ClFN6O2. The lowest BCUT2D eigenvalue weighted by molar-refractivity contribution is 0.0182. The van der Waals surface area contributed by atoms with E-state index in [1.54, 1.807) is 12.4 Å². The van der Waals surface area contributed by atoms with E-state index in [4.69, 9.17) is 21.1 Å². The van der Waals surface area contributed by atoms with Crippen molar-refractivity contribution in [2.75, 3.05) is 38.4 Å². The number of anilines is 1. The first-order valence-electron chi connectivity index (χ1n) is 11.8. The van der Waals surface area contributed by atoms with E-state index >= 15 is 0 Å². The number of rotatable bonds is 9. The molecule has 0 amide bonds. The number of aromatic nitrogens is 3. The third kappa shape index (κ3) is 6.32. The molecular weight excluding hydrogens is 459 g/mol. The molecule has 0 unspecified atom stereocenters. The molecule has 0 aromatic carbocycles. The van der Waals surface area contributed by atoms with Crippen LogP contribution >= 0.6 is 11.6 Å². The Hall–Kier alpha value is -2.54. The first-order chi connectivity index (χ1) is 16.6. The zero-order valence-corrected chi connectivity index (χ0v) is 19.9. The molecule has 4 rings (SSSR count). The molecule has 0 radical (unpaired) electrons. The molecule has 2 aliphatic rings. The number of halogens is 2. The van der Waals surface area contributed by atoms with Crippen LogP contribution in [0.25, 0.3) is 11.3 Å². The highest BCUT2D eigenvalue weighted by atomic mass is 35.5. The van der Waals surface area contributed by atoms with Crippen LogP contribution in [-0.2, 0) is 4.74 Å². The van der Waals surface area contributed by atoms with Crippen molar-refractivity contribution in [1.29, 1.82) is 5.26 Å². The largest absolute Gasteiger partial charge is 0.475 e. The Morgan fingerprint density at radius 2 is 1.94 bits per heavy atom. The Morgan fingerprint density at radius 1 is 1.18 bits per heavy atom. The highest BCUT2D eigenvalue weighted by Crippen LogP contribution is 2.32. The van der Waals surface area contributed by atoms with Gasteiger partial charge in [0.1, 0.15) is 19.1 Å². The lowest BCUT2D eigenvalue weighted by Gasteiger charge is -2.30. The summed E-state index contributed by atoms with van der Waals surface area (Å²) in [6, 6.07) is 4.94. The smallest absolute Gasteiger partial charge is 0.232 e. The van der Waals surface area contributed by atoms with Crippen molar-refractivity contribution in [3.63, 3.8) is 0 Å². The van der Waals surface area contributed by atoms with E-state index in [9.17, 15) is 9.65 Å². The molecule has 2 aromatic heterocycles. The summed E-state index contributed by atoms with van der Waals surface area (Å²) in [6.07, 6.45) is 10.0. The van der Waals surface area contributed by atoms with E-state index < -0.39 is 5.41 Å². The van der Waals surface area contributed by atoms with Crippen LogP contribution in [0.2, 0.25) is 5.02 Å². The standard InChI is InChI=1S/C24H30ClFN6O2/c25-20-12-30-22(31-18-3-1-17(2-4-18)29-8-7-26)11-19(20)21-13-28-14-23(32-21)34-16-24(15-27)5-9-33-10-6-24/h11-14,17-18,29H,1-10,16H2,(H,30,31). The summed E-state index contributed by atoms with van der Waals surface area (Å²) in [5.74, 6) is 1.07. The molecule has 182 valence electrons. The van der Waals surface area contributed by atoms with Crippen LogP contribution in [-0.4, -0.2) is 60.1 Å². The Kier molecular flexibility index (Phi) is 8.48. The second-order valence-electron chi connectivity index (χ2n) is 8.92. The molecule has 2 N–H and O–H groups in total. The Balaban J connectivity index is 1.40. The minimum absolute atomic E-state index is 0.241. The maximum atomic E-state index is 12.4. The monoisotopic (exact) mass is 488 g/mol. The summed E-state index contributed by atoms with van der Waals surface area (Å²) in [7, 11) is 0. The summed E-state index contributed by atoms with van der Waals surface area (Å²) in [6.45, 7) is 1.44. The van der Waals surface area contributed by atoms with Crippen molar-refractivity contribution in [2.45, 2.75) is 50.6 Å². The molecule has 8 nitrogen and oxygen atoms in total. The zero-order valence-electron chi connectivity index (χ0n) is 19.1. The SMILES string of the molecule is N#CC1(COc2cncc(-c3cc(NC4CCC(NCCF)CC4)ncc3Cl)n2)CCOCC1. The topological polar surface area (TPSA) is 105 Å². The molecule has 10 heteroatoms. The van der Waals surface area contributed by atoms with Crippen LogP contribution < -0.4 is 15.4 Å². The number of nitrogens with zero attached hydrogens (tertiary/aromatic N) is 4. The Morgan fingerprint density at radius 3 is 2.68 bits per heavy atom. The third-order valence-corrected chi connectivity index (χ3v) is 6.84. The fourth-order valence-corrected chi connectivity index (χ4v) is 4.63. The van der Waals surface area contributed by atoms with Gasteiger partial charge >= 0.3 is 0 Å². The van der Waals surface area contributed by atoms with E-state index in [1.807, 2.05) is 6.07 Å². The van der Waals surface area contributed by atoms with Gasteiger partial charge in [-0.25, -0.2) is 14.4 Å². The van der Waals surface area contributed by atoms with Gasteiger partial charge in [-0.15, -0.1) is 0 Å². The molecule has 1 saturated heterocycles. The molecule has 2 fully saturated rings. The molecule has 0 spiro atoms. The van der Waals surface area contributed by atoms with Gasteiger partial charge in [0, 0.05) is 43.6 Å². The van der Waals surface area contributed by atoms with Crippen LogP contribution in [0.5, 0.6) is 5.88 Å². The van der Waals surface area contributed by atoms with Crippen LogP contribution in [0.4, 0.5) is 10.2 Å².